The van der Waals surface area contributed by atoms with E-state index in [-0.39, 0.29) is 34.7 Å². The molecule has 1 fully saturated rings. The van der Waals surface area contributed by atoms with Crippen LogP contribution < -0.4 is 4.90 Å². The van der Waals surface area contributed by atoms with E-state index in [2.05, 4.69) is 0 Å². The Balaban J connectivity index is 1.48. The first-order valence-corrected chi connectivity index (χ1v) is 12.9. The molecule has 0 atom stereocenters. The highest BCUT2D eigenvalue weighted by molar-refractivity contribution is 7.89. The number of hydrogen-bond acceptors (Lipinski definition) is 7. The average Bonchev–Trinajstić information content (AvgIpc) is 3.04. The Hall–Kier alpha value is -3.01. The van der Waals surface area contributed by atoms with Crippen LogP contribution in [0.5, 0.6) is 0 Å². The fraction of sp³-hybridized carbons (Fsp3) is 0.385. The summed E-state index contributed by atoms with van der Waals surface area (Å²) >= 11 is 0. The molecule has 0 bridgehead atoms. The molecule has 2 heterocycles. The standard InChI is InChI=1S/C26H30N2O6S/c1-18-9-10-20(35(31,32)28-11-13-33-14-12-28)16-21(18)25(30)34-17-19(29)15-24-26(2,3)22-7-5-6-8-23(22)27(24)4/h5-10,15-16H,11-14,17H2,1-4H3. The van der Waals surface area contributed by atoms with Crippen molar-refractivity contribution in [1.29, 1.82) is 0 Å². The number of allylic oxidation sites excluding steroid dienone is 1. The van der Waals surface area contributed by atoms with Crippen molar-refractivity contribution in [3.05, 3.63) is 70.9 Å². The van der Waals surface area contributed by atoms with Crippen molar-refractivity contribution in [3.63, 3.8) is 0 Å². The minimum absolute atomic E-state index is 0.0116. The molecule has 2 aliphatic heterocycles. The first-order valence-electron chi connectivity index (χ1n) is 11.5. The van der Waals surface area contributed by atoms with Crippen molar-refractivity contribution in [2.45, 2.75) is 31.1 Å². The van der Waals surface area contributed by atoms with Crippen molar-refractivity contribution >= 4 is 27.5 Å². The lowest BCUT2D eigenvalue weighted by atomic mass is 9.83. The lowest BCUT2D eigenvalue weighted by Gasteiger charge is -2.26. The Kier molecular flexibility index (Phi) is 6.86. The van der Waals surface area contributed by atoms with Gasteiger partial charge in [-0.05, 0) is 36.2 Å². The zero-order chi connectivity index (χ0) is 25.4. The van der Waals surface area contributed by atoms with Gasteiger partial charge in [0.25, 0.3) is 0 Å². The van der Waals surface area contributed by atoms with Gasteiger partial charge in [0.1, 0.15) is 0 Å². The van der Waals surface area contributed by atoms with Gasteiger partial charge in [0, 0.05) is 43.0 Å². The smallest absolute Gasteiger partial charge is 0.338 e. The average molecular weight is 499 g/mol. The second-order valence-electron chi connectivity index (χ2n) is 9.27. The van der Waals surface area contributed by atoms with Gasteiger partial charge >= 0.3 is 5.97 Å². The van der Waals surface area contributed by atoms with Crippen LogP contribution in [0.1, 0.15) is 35.3 Å². The molecule has 186 valence electrons. The predicted molar refractivity (Wildman–Crippen MR) is 132 cm³/mol. The second-order valence-corrected chi connectivity index (χ2v) is 11.2. The Morgan fingerprint density at radius 3 is 2.49 bits per heavy atom. The van der Waals surface area contributed by atoms with Gasteiger partial charge in [-0.2, -0.15) is 4.31 Å². The molecule has 8 nitrogen and oxygen atoms in total. The minimum Gasteiger partial charge on any atom is -0.454 e. The van der Waals surface area contributed by atoms with Gasteiger partial charge in [0.05, 0.1) is 23.7 Å². The fourth-order valence-electron chi connectivity index (χ4n) is 4.58. The molecular formula is C26H30N2O6S. The largest absolute Gasteiger partial charge is 0.454 e. The number of carbonyl (C=O) groups is 2. The number of aryl methyl sites for hydroxylation is 1. The molecule has 0 saturated carbocycles. The van der Waals surface area contributed by atoms with Crippen molar-refractivity contribution in [3.8, 4) is 0 Å². The lowest BCUT2D eigenvalue weighted by molar-refractivity contribution is -0.117. The molecule has 0 unspecified atom stereocenters. The Labute approximate surface area is 206 Å². The van der Waals surface area contributed by atoms with Crippen molar-refractivity contribution in [2.24, 2.45) is 0 Å². The summed E-state index contributed by atoms with van der Waals surface area (Å²) in [6.07, 6.45) is 1.51. The number of sulfonamides is 1. The summed E-state index contributed by atoms with van der Waals surface area (Å²) in [5.41, 5.74) is 3.27. The number of carbonyl (C=O) groups excluding carboxylic acids is 2. The number of para-hydroxylation sites is 1. The molecule has 0 spiro atoms. The van der Waals surface area contributed by atoms with E-state index in [0.717, 1.165) is 16.9 Å². The van der Waals surface area contributed by atoms with Gasteiger partial charge in [-0.3, -0.25) is 4.79 Å². The van der Waals surface area contributed by atoms with Crippen molar-refractivity contribution in [1.82, 2.24) is 4.31 Å². The molecule has 0 aliphatic carbocycles. The molecule has 1 saturated heterocycles. The summed E-state index contributed by atoms with van der Waals surface area (Å²) in [7, 11) is -1.86. The van der Waals surface area contributed by atoms with Crippen LogP contribution in [-0.4, -0.2) is 64.4 Å². The first kappa shape index (κ1) is 25.1. The van der Waals surface area contributed by atoms with E-state index in [1.807, 2.05) is 50.1 Å². The number of rotatable bonds is 6. The molecule has 0 aromatic heterocycles. The van der Waals surface area contributed by atoms with Gasteiger partial charge in [-0.15, -0.1) is 0 Å². The van der Waals surface area contributed by atoms with Crippen LogP contribution >= 0.6 is 0 Å². The van der Waals surface area contributed by atoms with Crippen LogP contribution in [0, 0.1) is 6.92 Å². The number of ether oxygens (including phenoxy) is 2. The first-order chi connectivity index (χ1) is 16.5. The quantitative estimate of drug-likeness (QED) is 0.446. The maximum atomic E-state index is 13.0. The van der Waals surface area contributed by atoms with Gasteiger partial charge < -0.3 is 14.4 Å². The molecule has 2 aromatic rings. The van der Waals surface area contributed by atoms with E-state index in [1.54, 1.807) is 13.0 Å². The maximum Gasteiger partial charge on any atom is 0.338 e. The van der Waals surface area contributed by atoms with E-state index in [1.165, 1.54) is 22.5 Å². The van der Waals surface area contributed by atoms with Gasteiger partial charge in [-0.1, -0.05) is 38.1 Å². The topological polar surface area (TPSA) is 93.2 Å². The number of likely N-dealkylation sites (N-methyl/N-ethyl adjacent to an activating group) is 1. The lowest BCUT2D eigenvalue weighted by Crippen LogP contribution is -2.40. The number of esters is 1. The zero-order valence-electron chi connectivity index (χ0n) is 20.4. The number of benzene rings is 2. The number of hydrogen-bond donors (Lipinski definition) is 0. The number of nitrogens with zero attached hydrogens (tertiary/aromatic N) is 2. The third-order valence-corrected chi connectivity index (χ3v) is 8.52. The summed E-state index contributed by atoms with van der Waals surface area (Å²) in [5, 5.41) is 0. The molecule has 9 heteroatoms. The monoisotopic (exact) mass is 498 g/mol. The van der Waals surface area contributed by atoms with E-state index in [0.29, 0.717) is 18.8 Å². The van der Waals surface area contributed by atoms with Crippen LogP contribution in [-0.2, 0) is 29.7 Å². The number of anilines is 1. The van der Waals surface area contributed by atoms with Crippen LogP contribution in [0.25, 0.3) is 0 Å². The molecular weight excluding hydrogens is 468 g/mol. The number of ketones is 1. The van der Waals surface area contributed by atoms with Crippen LogP contribution in [0.4, 0.5) is 5.69 Å². The van der Waals surface area contributed by atoms with Crippen molar-refractivity contribution < 1.29 is 27.5 Å². The molecule has 0 radical (unpaired) electrons. The second kappa shape index (κ2) is 9.56. The normalized spacial score (nSPS) is 19.0. The zero-order valence-corrected chi connectivity index (χ0v) is 21.2. The number of morpholine rings is 1. The van der Waals surface area contributed by atoms with Gasteiger partial charge in [0.15, 0.2) is 12.4 Å². The maximum absolute atomic E-state index is 13.0. The predicted octanol–water partition coefficient (Wildman–Crippen LogP) is 3.05. The minimum atomic E-state index is -3.76. The molecule has 2 aromatic carbocycles. The summed E-state index contributed by atoms with van der Waals surface area (Å²) < 4.78 is 37.8. The Bertz CT molecular complexity index is 1290. The third-order valence-electron chi connectivity index (χ3n) is 6.62. The van der Waals surface area contributed by atoms with E-state index in [9.17, 15) is 18.0 Å². The SMILES string of the molecule is Cc1ccc(S(=O)(=O)N2CCOCC2)cc1C(=O)OCC(=O)C=C1N(C)c2ccccc2C1(C)C. The summed E-state index contributed by atoms with van der Waals surface area (Å²) in [6, 6.07) is 12.3. The Morgan fingerprint density at radius 2 is 1.80 bits per heavy atom. The van der Waals surface area contributed by atoms with Gasteiger partial charge in [0.2, 0.25) is 10.0 Å². The van der Waals surface area contributed by atoms with Crippen LogP contribution in [0.3, 0.4) is 0 Å². The van der Waals surface area contributed by atoms with E-state index >= 15 is 0 Å². The van der Waals surface area contributed by atoms with E-state index in [4.69, 9.17) is 9.47 Å². The van der Waals surface area contributed by atoms with Crippen LogP contribution in [0.15, 0.2) is 59.1 Å². The summed E-state index contributed by atoms with van der Waals surface area (Å²) in [5.74, 6) is -1.09. The van der Waals surface area contributed by atoms with Gasteiger partial charge in [-0.25, -0.2) is 13.2 Å². The Morgan fingerprint density at radius 1 is 1.11 bits per heavy atom. The summed E-state index contributed by atoms with van der Waals surface area (Å²) in [6.45, 7) is 6.51. The fourth-order valence-corrected chi connectivity index (χ4v) is 6.02. The third kappa shape index (κ3) is 4.76. The molecule has 0 N–H and O–H groups in total. The highest BCUT2D eigenvalue weighted by Crippen LogP contribution is 2.46. The van der Waals surface area contributed by atoms with Crippen molar-refractivity contribution in [2.75, 3.05) is 44.9 Å². The molecule has 35 heavy (non-hydrogen) atoms. The molecule has 4 rings (SSSR count). The number of fused-ring (bicyclic) bond motifs is 1. The molecule has 2 aliphatic rings. The molecule has 0 amide bonds. The highest BCUT2D eigenvalue weighted by atomic mass is 32.2. The van der Waals surface area contributed by atoms with Crippen LogP contribution in [0.2, 0.25) is 0 Å². The highest BCUT2D eigenvalue weighted by Gasteiger charge is 2.38. The van der Waals surface area contributed by atoms with E-state index < -0.39 is 22.6 Å². The summed E-state index contributed by atoms with van der Waals surface area (Å²) in [4.78, 5) is 27.5.